The summed E-state index contributed by atoms with van der Waals surface area (Å²) >= 11 is 0. The average Bonchev–Trinajstić information content (AvgIpc) is 2.86. The zero-order valence-corrected chi connectivity index (χ0v) is 11.7. The van der Waals surface area contributed by atoms with Crippen molar-refractivity contribution in [2.24, 2.45) is 5.41 Å². The van der Waals surface area contributed by atoms with E-state index in [1.165, 1.54) is 25.7 Å². The maximum Gasteiger partial charge on any atom is 0.0938 e. The predicted molar refractivity (Wildman–Crippen MR) is 72.5 cm³/mol. The molecular weight excluding hydrogens is 228 g/mol. The highest BCUT2D eigenvalue weighted by Crippen LogP contribution is 2.39. The van der Waals surface area contributed by atoms with Crippen molar-refractivity contribution in [3.63, 3.8) is 0 Å². The van der Waals surface area contributed by atoms with Crippen molar-refractivity contribution < 1.29 is 10.2 Å². The fraction of sp³-hybridized carbons (Fsp3) is 1.00. The lowest BCUT2D eigenvalue weighted by atomic mass is 9.85. The Morgan fingerprint density at radius 2 is 1.72 bits per heavy atom. The van der Waals surface area contributed by atoms with Gasteiger partial charge in [-0.15, -0.1) is 0 Å². The topological polar surface area (TPSA) is 55.7 Å². The van der Waals surface area contributed by atoms with E-state index in [1.807, 2.05) is 0 Å². The van der Waals surface area contributed by atoms with Gasteiger partial charge in [-0.2, -0.15) is 0 Å². The molecule has 0 bridgehead atoms. The van der Waals surface area contributed by atoms with Crippen LogP contribution in [0.3, 0.4) is 0 Å². The average molecular weight is 256 g/mol. The van der Waals surface area contributed by atoms with Crippen molar-refractivity contribution in [1.82, 2.24) is 10.2 Å². The maximum absolute atomic E-state index is 9.64. The largest absolute Gasteiger partial charge is 0.389 e. The number of β-amino-alcohol motifs (C(OH)–C–C–N with tert-alkyl or cyclic N) is 2. The number of rotatable bonds is 5. The molecule has 3 N–H and O–H groups in total. The summed E-state index contributed by atoms with van der Waals surface area (Å²) in [7, 11) is 0. The molecule has 1 saturated heterocycles. The van der Waals surface area contributed by atoms with Gasteiger partial charge in [-0.3, -0.25) is 4.90 Å². The van der Waals surface area contributed by atoms with E-state index in [0.29, 0.717) is 24.5 Å². The first-order valence-corrected chi connectivity index (χ1v) is 7.33. The number of nitrogens with one attached hydrogen (secondary N) is 1. The van der Waals surface area contributed by atoms with E-state index in [1.54, 1.807) is 0 Å². The Morgan fingerprint density at radius 1 is 1.17 bits per heavy atom. The summed E-state index contributed by atoms with van der Waals surface area (Å²) in [5, 5.41) is 22.8. The van der Waals surface area contributed by atoms with Crippen molar-refractivity contribution in [3.8, 4) is 0 Å². The molecule has 0 amide bonds. The highest BCUT2D eigenvalue weighted by Gasteiger charge is 2.39. The zero-order valence-electron chi connectivity index (χ0n) is 11.7. The number of nitrogens with zero attached hydrogens (tertiary/aromatic N) is 1. The van der Waals surface area contributed by atoms with Gasteiger partial charge in [-0.05, 0) is 18.3 Å². The molecule has 0 aromatic rings. The molecular formula is C14H28N2O2. The van der Waals surface area contributed by atoms with Gasteiger partial charge in [0, 0.05) is 32.2 Å². The Kier molecular flexibility index (Phi) is 4.64. The van der Waals surface area contributed by atoms with E-state index in [4.69, 9.17) is 0 Å². The van der Waals surface area contributed by atoms with Crippen LogP contribution in [0.2, 0.25) is 0 Å². The van der Waals surface area contributed by atoms with Gasteiger partial charge in [0.25, 0.3) is 0 Å². The van der Waals surface area contributed by atoms with Crippen LogP contribution in [0.4, 0.5) is 0 Å². The van der Waals surface area contributed by atoms with Crippen LogP contribution < -0.4 is 5.32 Å². The maximum atomic E-state index is 9.64. The Bertz CT molecular complexity index is 255. The molecule has 0 spiro atoms. The first kappa shape index (κ1) is 14.3. The molecule has 4 heteroatoms. The van der Waals surface area contributed by atoms with Crippen LogP contribution in [-0.4, -0.2) is 59.5 Å². The second-order valence-electron chi connectivity index (χ2n) is 6.57. The van der Waals surface area contributed by atoms with Gasteiger partial charge in [-0.25, -0.2) is 0 Å². The van der Waals surface area contributed by atoms with Crippen molar-refractivity contribution in [2.45, 2.75) is 57.8 Å². The van der Waals surface area contributed by atoms with Gasteiger partial charge in [0.15, 0.2) is 0 Å². The van der Waals surface area contributed by atoms with Crippen LogP contribution in [-0.2, 0) is 0 Å². The minimum atomic E-state index is -0.554. The van der Waals surface area contributed by atoms with Crippen LogP contribution in [0.15, 0.2) is 0 Å². The lowest BCUT2D eigenvalue weighted by molar-refractivity contribution is 0.0572. The SMILES string of the molecule is CC(C)NCC1(CN2CC(O)C(O)C2)CCCC1. The number of hydrogen-bond acceptors (Lipinski definition) is 4. The number of aliphatic hydroxyl groups excluding tert-OH is 2. The third-order valence-electron chi connectivity index (χ3n) is 4.44. The summed E-state index contributed by atoms with van der Waals surface area (Å²) in [4.78, 5) is 2.24. The predicted octanol–water partition coefficient (Wildman–Crippen LogP) is 0.582. The molecule has 2 fully saturated rings. The van der Waals surface area contributed by atoms with Crippen molar-refractivity contribution >= 4 is 0 Å². The van der Waals surface area contributed by atoms with Gasteiger partial charge in [0.05, 0.1) is 12.2 Å². The number of hydrogen-bond donors (Lipinski definition) is 3. The smallest absolute Gasteiger partial charge is 0.0938 e. The fourth-order valence-corrected chi connectivity index (χ4v) is 3.39. The Balaban J connectivity index is 1.90. The van der Waals surface area contributed by atoms with Crippen LogP contribution in [0.1, 0.15) is 39.5 Å². The van der Waals surface area contributed by atoms with Crippen molar-refractivity contribution in [1.29, 1.82) is 0 Å². The molecule has 18 heavy (non-hydrogen) atoms. The van der Waals surface area contributed by atoms with E-state index in [9.17, 15) is 10.2 Å². The van der Waals surface area contributed by atoms with E-state index >= 15 is 0 Å². The first-order chi connectivity index (χ1) is 8.51. The molecule has 4 nitrogen and oxygen atoms in total. The molecule has 2 unspecified atom stereocenters. The minimum Gasteiger partial charge on any atom is -0.389 e. The van der Waals surface area contributed by atoms with E-state index in [0.717, 1.165) is 13.1 Å². The first-order valence-electron chi connectivity index (χ1n) is 7.33. The summed E-state index contributed by atoms with van der Waals surface area (Å²) in [6.07, 6.45) is 4.07. The lowest BCUT2D eigenvalue weighted by Gasteiger charge is -2.34. The molecule has 106 valence electrons. The molecule has 0 radical (unpaired) electrons. The molecule has 2 atom stereocenters. The monoisotopic (exact) mass is 256 g/mol. The number of likely N-dealkylation sites (tertiary alicyclic amines) is 1. The lowest BCUT2D eigenvalue weighted by Crippen LogP contribution is -2.44. The van der Waals surface area contributed by atoms with Crippen LogP contribution in [0.25, 0.3) is 0 Å². The van der Waals surface area contributed by atoms with Crippen molar-refractivity contribution in [3.05, 3.63) is 0 Å². The molecule has 2 rings (SSSR count). The molecule has 0 aromatic carbocycles. The summed E-state index contributed by atoms with van der Waals surface area (Å²) in [5.74, 6) is 0. The highest BCUT2D eigenvalue weighted by atomic mass is 16.3. The third-order valence-corrected chi connectivity index (χ3v) is 4.44. The van der Waals surface area contributed by atoms with Gasteiger partial charge >= 0.3 is 0 Å². The Hall–Kier alpha value is -0.160. The zero-order chi connectivity index (χ0) is 13.2. The van der Waals surface area contributed by atoms with E-state index < -0.39 is 12.2 Å². The van der Waals surface area contributed by atoms with Gasteiger partial charge < -0.3 is 15.5 Å². The molecule has 1 aliphatic heterocycles. The fourth-order valence-electron chi connectivity index (χ4n) is 3.39. The quantitative estimate of drug-likeness (QED) is 0.673. The van der Waals surface area contributed by atoms with E-state index in [-0.39, 0.29) is 0 Å². The normalized spacial score (nSPS) is 32.5. The molecule has 1 heterocycles. The van der Waals surface area contributed by atoms with Gasteiger partial charge in [-0.1, -0.05) is 26.7 Å². The summed E-state index contributed by atoms with van der Waals surface area (Å²) < 4.78 is 0. The number of aliphatic hydroxyl groups is 2. The summed E-state index contributed by atoms with van der Waals surface area (Å²) in [6, 6.07) is 0.525. The van der Waals surface area contributed by atoms with Crippen LogP contribution >= 0.6 is 0 Å². The second-order valence-corrected chi connectivity index (χ2v) is 6.57. The molecule has 1 saturated carbocycles. The van der Waals surface area contributed by atoms with Gasteiger partial charge in [0.2, 0.25) is 0 Å². The Morgan fingerprint density at radius 3 is 2.22 bits per heavy atom. The molecule has 1 aliphatic carbocycles. The standard InChI is InChI=1S/C14H28N2O2/c1-11(2)15-9-14(5-3-4-6-14)10-16-7-12(17)13(18)8-16/h11-13,15,17-18H,3-10H2,1-2H3. The Labute approximate surface area is 110 Å². The van der Waals surface area contributed by atoms with Crippen LogP contribution in [0, 0.1) is 5.41 Å². The van der Waals surface area contributed by atoms with Gasteiger partial charge in [0.1, 0.15) is 0 Å². The van der Waals surface area contributed by atoms with Crippen LogP contribution in [0.5, 0.6) is 0 Å². The molecule has 0 aromatic heterocycles. The second kappa shape index (κ2) is 5.87. The third kappa shape index (κ3) is 3.44. The van der Waals surface area contributed by atoms with Crippen molar-refractivity contribution in [2.75, 3.05) is 26.2 Å². The van der Waals surface area contributed by atoms with E-state index in [2.05, 4.69) is 24.1 Å². The molecule has 2 aliphatic rings. The minimum absolute atomic E-state index is 0.355. The summed E-state index contributed by atoms with van der Waals surface area (Å²) in [6.45, 7) is 7.71. The summed E-state index contributed by atoms with van der Waals surface area (Å²) in [5.41, 5.74) is 0.355. The highest BCUT2D eigenvalue weighted by molar-refractivity contribution is 4.93.